The zero-order valence-corrected chi connectivity index (χ0v) is 24.2. The van der Waals surface area contributed by atoms with Gasteiger partial charge < -0.3 is 14.9 Å². The number of rotatable bonds is 9. The fourth-order valence-corrected chi connectivity index (χ4v) is 6.25. The molecule has 0 saturated carbocycles. The van der Waals surface area contributed by atoms with Crippen molar-refractivity contribution < 1.29 is 19.7 Å². The molecular formula is C36H39NO4. The minimum Gasteiger partial charge on any atom is -0.459 e. The van der Waals surface area contributed by atoms with E-state index in [9.17, 15) is 15.0 Å². The van der Waals surface area contributed by atoms with Crippen molar-refractivity contribution in [3.63, 3.8) is 0 Å². The molecule has 0 amide bonds. The average molecular weight is 550 g/mol. The highest BCUT2D eigenvalue weighted by Gasteiger charge is 2.54. The summed E-state index contributed by atoms with van der Waals surface area (Å²) in [4.78, 5) is 16.5. The van der Waals surface area contributed by atoms with Crippen LogP contribution in [0.15, 0.2) is 109 Å². The molecule has 1 aliphatic carbocycles. The predicted octanol–water partition coefficient (Wildman–Crippen LogP) is 6.16. The number of aliphatic hydroxyl groups excluding tert-OH is 2. The quantitative estimate of drug-likeness (QED) is 0.245. The molecule has 0 saturated heterocycles. The van der Waals surface area contributed by atoms with Gasteiger partial charge in [0.2, 0.25) is 0 Å². The van der Waals surface area contributed by atoms with Crippen LogP contribution in [0, 0.1) is 5.92 Å². The van der Waals surface area contributed by atoms with E-state index in [0.717, 1.165) is 33.4 Å². The summed E-state index contributed by atoms with van der Waals surface area (Å²) in [5, 5.41) is 21.1. The number of nitrogens with zero attached hydrogens (tertiary/aromatic N) is 1. The molecule has 0 bridgehead atoms. The van der Waals surface area contributed by atoms with Gasteiger partial charge in [0, 0.05) is 12.5 Å². The summed E-state index contributed by atoms with van der Waals surface area (Å²) >= 11 is 0. The third-order valence-electron chi connectivity index (χ3n) is 8.02. The molecule has 0 spiro atoms. The van der Waals surface area contributed by atoms with Crippen molar-refractivity contribution in [1.29, 1.82) is 0 Å². The highest BCUT2D eigenvalue weighted by molar-refractivity contribution is 5.84. The zero-order valence-electron chi connectivity index (χ0n) is 24.2. The molecule has 5 nitrogen and oxygen atoms in total. The molecular weight excluding hydrogens is 510 g/mol. The Balaban J connectivity index is 1.87. The standard InChI is InChI=1S/C36H39NO4/c1-25(32(39)24-38)33(34(40)41-35(2,3)4)37(23-26-15-7-5-8-16-26)36(27-17-9-6-10-18-27)30-21-13-11-19-28(30)29-20-12-14-22-31(29)36/h5-22,25,32-33,38-39H,23-24H2,1-4H3/t25-,32-,33-/m0/s1. The van der Waals surface area contributed by atoms with Gasteiger partial charge in [-0.25, -0.2) is 0 Å². The van der Waals surface area contributed by atoms with Gasteiger partial charge in [0.05, 0.1) is 18.2 Å². The van der Waals surface area contributed by atoms with Crippen LogP contribution in [-0.4, -0.2) is 45.4 Å². The van der Waals surface area contributed by atoms with E-state index < -0.39 is 41.8 Å². The number of aliphatic hydroxyl groups is 2. The van der Waals surface area contributed by atoms with Crippen molar-refractivity contribution in [2.45, 2.75) is 57.5 Å². The summed E-state index contributed by atoms with van der Waals surface area (Å²) < 4.78 is 6.08. The second-order valence-electron chi connectivity index (χ2n) is 11.9. The number of hydrogen-bond acceptors (Lipinski definition) is 5. The van der Waals surface area contributed by atoms with Crippen LogP contribution >= 0.6 is 0 Å². The maximum atomic E-state index is 14.3. The highest BCUT2D eigenvalue weighted by Crippen LogP contribution is 2.55. The van der Waals surface area contributed by atoms with Gasteiger partial charge in [-0.3, -0.25) is 9.69 Å². The van der Waals surface area contributed by atoms with Crippen LogP contribution in [0.5, 0.6) is 0 Å². The third kappa shape index (κ3) is 5.33. The van der Waals surface area contributed by atoms with E-state index in [-0.39, 0.29) is 0 Å². The number of carbonyl (C=O) groups is 1. The Kier molecular flexibility index (Phi) is 8.14. The van der Waals surface area contributed by atoms with Gasteiger partial charge in [-0.05, 0) is 54.2 Å². The number of ether oxygens (including phenoxy) is 1. The van der Waals surface area contributed by atoms with Gasteiger partial charge in [-0.15, -0.1) is 0 Å². The number of esters is 1. The van der Waals surface area contributed by atoms with Crippen LogP contribution in [0.1, 0.15) is 49.9 Å². The Morgan fingerprint density at radius 1 is 0.805 bits per heavy atom. The molecule has 0 aliphatic heterocycles. The van der Waals surface area contributed by atoms with Gasteiger partial charge in [-0.1, -0.05) is 116 Å². The summed E-state index contributed by atoms with van der Waals surface area (Å²) in [5.41, 5.74) is 4.70. The molecule has 3 atom stereocenters. The van der Waals surface area contributed by atoms with Crippen LogP contribution in [0.2, 0.25) is 0 Å². The van der Waals surface area contributed by atoms with E-state index in [1.54, 1.807) is 0 Å². The molecule has 0 radical (unpaired) electrons. The number of carbonyl (C=O) groups excluding carboxylic acids is 1. The molecule has 2 N–H and O–H groups in total. The molecule has 1 aliphatic rings. The Labute approximate surface area is 243 Å². The van der Waals surface area contributed by atoms with E-state index in [2.05, 4.69) is 53.4 Å². The molecule has 0 unspecified atom stereocenters. The van der Waals surface area contributed by atoms with Crippen LogP contribution in [0.3, 0.4) is 0 Å². The maximum Gasteiger partial charge on any atom is 0.324 e. The van der Waals surface area contributed by atoms with E-state index in [1.807, 2.05) is 88.4 Å². The van der Waals surface area contributed by atoms with E-state index in [1.165, 1.54) is 0 Å². The molecule has 4 aromatic carbocycles. The van der Waals surface area contributed by atoms with Crippen molar-refractivity contribution in [2.24, 2.45) is 5.92 Å². The van der Waals surface area contributed by atoms with Crippen molar-refractivity contribution in [2.75, 3.05) is 6.61 Å². The van der Waals surface area contributed by atoms with Gasteiger partial charge in [-0.2, -0.15) is 0 Å². The smallest absolute Gasteiger partial charge is 0.324 e. The molecule has 0 fully saturated rings. The Morgan fingerprint density at radius 2 is 1.29 bits per heavy atom. The summed E-state index contributed by atoms with van der Waals surface area (Å²) in [6.07, 6.45) is -1.13. The highest BCUT2D eigenvalue weighted by atomic mass is 16.6. The summed E-state index contributed by atoms with van der Waals surface area (Å²) in [6.45, 7) is 7.30. The van der Waals surface area contributed by atoms with Crippen molar-refractivity contribution >= 4 is 5.97 Å². The zero-order chi connectivity index (χ0) is 29.2. The van der Waals surface area contributed by atoms with Crippen LogP contribution in [0.4, 0.5) is 0 Å². The fraction of sp³-hybridized carbons (Fsp3) is 0.306. The molecule has 5 heteroatoms. The summed E-state index contributed by atoms with van der Waals surface area (Å²) in [5.74, 6) is -1.09. The predicted molar refractivity (Wildman–Crippen MR) is 162 cm³/mol. The van der Waals surface area contributed by atoms with Crippen molar-refractivity contribution in [3.05, 3.63) is 131 Å². The van der Waals surface area contributed by atoms with Crippen LogP contribution < -0.4 is 0 Å². The Bertz CT molecular complexity index is 1430. The lowest BCUT2D eigenvalue weighted by Crippen LogP contribution is -2.59. The first-order valence-electron chi connectivity index (χ1n) is 14.3. The molecule has 0 aromatic heterocycles. The van der Waals surface area contributed by atoms with Crippen molar-refractivity contribution in [3.8, 4) is 11.1 Å². The lowest BCUT2D eigenvalue weighted by molar-refractivity contribution is -0.169. The van der Waals surface area contributed by atoms with Gasteiger partial charge in [0.1, 0.15) is 11.6 Å². The monoisotopic (exact) mass is 549 g/mol. The van der Waals surface area contributed by atoms with Crippen molar-refractivity contribution in [1.82, 2.24) is 4.90 Å². The molecule has 41 heavy (non-hydrogen) atoms. The Morgan fingerprint density at radius 3 is 1.80 bits per heavy atom. The normalized spacial score (nSPS) is 16.0. The average Bonchev–Trinajstić information content (AvgIpc) is 3.27. The first-order chi connectivity index (χ1) is 19.7. The maximum absolute atomic E-state index is 14.3. The SMILES string of the molecule is C[C@H]([C@@H](C(=O)OC(C)(C)C)N(Cc1ccccc1)C1(c2ccccc2)c2ccccc2-c2ccccc21)[C@@H](O)CO. The molecule has 0 heterocycles. The first kappa shape index (κ1) is 28.7. The second-order valence-corrected chi connectivity index (χ2v) is 11.9. The molecule has 5 rings (SSSR count). The first-order valence-corrected chi connectivity index (χ1v) is 14.3. The number of benzene rings is 4. The van der Waals surface area contributed by atoms with Crippen LogP contribution in [-0.2, 0) is 21.6 Å². The van der Waals surface area contributed by atoms with E-state index >= 15 is 0 Å². The Hall–Kier alpha value is -3.77. The lowest BCUT2D eigenvalue weighted by Gasteiger charge is -2.49. The van der Waals surface area contributed by atoms with Gasteiger partial charge in [0.15, 0.2) is 0 Å². The van der Waals surface area contributed by atoms with Crippen LogP contribution in [0.25, 0.3) is 11.1 Å². The third-order valence-corrected chi connectivity index (χ3v) is 8.02. The summed E-state index contributed by atoms with van der Waals surface area (Å²) in [7, 11) is 0. The minimum absolute atomic E-state index is 0.394. The van der Waals surface area contributed by atoms with E-state index in [0.29, 0.717) is 6.54 Å². The molecule has 212 valence electrons. The van der Waals surface area contributed by atoms with Gasteiger partial charge >= 0.3 is 5.97 Å². The number of fused-ring (bicyclic) bond motifs is 3. The fourth-order valence-electron chi connectivity index (χ4n) is 6.25. The largest absolute Gasteiger partial charge is 0.459 e. The topological polar surface area (TPSA) is 70.0 Å². The minimum atomic E-state index is -1.13. The second kappa shape index (κ2) is 11.6. The summed E-state index contributed by atoms with van der Waals surface area (Å²) in [6, 6.07) is 36.1. The lowest BCUT2D eigenvalue weighted by atomic mass is 9.76. The van der Waals surface area contributed by atoms with E-state index in [4.69, 9.17) is 4.74 Å². The van der Waals surface area contributed by atoms with Gasteiger partial charge in [0.25, 0.3) is 0 Å². The molecule has 4 aromatic rings. The number of hydrogen-bond donors (Lipinski definition) is 2.